The van der Waals surface area contributed by atoms with Crippen LogP contribution >= 0.6 is 22.9 Å². The summed E-state index contributed by atoms with van der Waals surface area (Å²) >= 11 is 7.47. The molecule has 9 heteroatoms. The molecule has 0 unspecified atom stereocenters. The number of fused-ring (bicyclic) bond motifs is 1. The molecule has 0 bridgehead atoms. The van der Waals surface area contributed by atoms with E-state index in [-0.39, 0.29) is 12.2 Å². The monoisotopic (exact) mass is 526 g/mol. The molecule has 1 aliphatic heterocycles. The summed E-state index contributed by atoms with van der Waals surface area (Å²) in [6.45, 7) is 8.53. The molecule has 1 aromatic heterocycles. The first-order valence-corrected chi connectivity index (χ1v) is 12.9. The first-order valence-electron chi connectivity index (χ1n) is 11.7. The number of hydrogen-bond acceptors (Lipinski definition) is 7. The van der Waals surface area contributed by atoms with E-state index in [1.807, 2.05) is 38.1 Å². The van der Waals surface area contributed by atoms with Gasteiger partial charge in [0.05, 0.1) is 41.7 Å². The van der Waals surface area contributed by atoms with Crippen LogP contribution in [-0.4, -0.2) is 30.4 Å². The molecule has 0 N–H and O–H groups in total. The van der Waals surface area contributed by atoms with E-state index in [4.69, 9.17) is 25.8 Å². The highest BCUT2D eigenvalue weighted by molar-refractivity contribution is 7.07. The molecule has 0 radical (unpaired) electrons. The Morgan fingerprint density at radius 3 is 2.47 bits per heavy atom. The third kappa shape index (κ3) is 5.10. The Bertz CT molecular complexity index is 1490. The van der Waals surface area contributed by atoms with E-state index in [0.717, 1.165) is 5.56 Å². The lowest BCUT2D eigenvalue weighted by Gasteiger charge is -2.24. The minimum Gasteiger partial charge on any atom is -0.494 e. The zero-order valence-electron chi connectivity index (χ0n) is 20.5. The summed E-state index contributed by atoms with van der Waals surface area (Å²) in [6.07, 6.45) is 1.75. The number of halogens is 1. The van der Waals surface area contributed by atoms with Crippen LogP contribution in [0.25, 0.3) is 6.08 Å². The van der Waals surface area contributed by atoms with E-state index in [1.165, 1.54) is 11.3 Å². The van der Waals surface area contributed by atoms with Crippen molar-refractivity contribution in [2.45, 2.75) is 33.7 Å². The minimum atomic E-state index is -0.691. The normalized spacial score (nSPS) is 15.4. The number of ether oxygens (including phenoxy) is 3. The third-order valence-corrected chi connectivity index (χ3v) is 6.80. The quantitative estimate of drug-likeness (QED) is 0.410. The van der Waals surface area contributed by atoms with E-state index in [2.05, 4.69) is 4.99 Å². The number of hydrogen-bond donors (Lipinski definition) is 0. The standard InChI is InChI=1S/C27H27ClN2O5S/c1-5-33-20-11-8-17(9-12-20)24-23(26(32)35-7-3)16(4)29-27-30(24)25(31)22(36-27)15-18-14-19(28)10-13-21(18)34-6-2/h8-15,24H,5-7H2,1-4H3/b22-15-/t24-/m1/s1. The van der Waals surface area contributed by atoms with Crippen molar-refractivity contribution in [2.24, 2.45) is 4.99 Å². The van der Waals surface area contributed by atoms with Crippen LogP contribution in [0.1, 0.15) is 44.9 Å². The highest BCUT2D eigenvalue weighted by Crippen LogP contribution is 2.32. The molecule has 0 saturated carbocycles. The zero-order valence-corrected chi connectivity index (χ0v) is 22.1. The number of aromatic nitrogens is 1. The van der Waals surface area contributed by atoms with Gasteiger partial charge in [0, 0.05) is 10.6 Å². The van der Waals surface area contributed by atoms with Crippen molar-refractivity contribution in [3.63, 3.8) is 0 Å². The van der Waals surface area contributed by atoms with E-state index >= 15 is 0 Å². The molecule has 0 aliphatic carbocycles. The summed E-state index contributed by atoms with van der Waals surface area (Å²) in [4.78, 5) is 31.9. The molecule has 1 aliphatic rings. The first kappa shape index (κ1) is 25.7. The summed E-state index contributed by atoms with van der Waals surface area (Å²) in [5.41, 5.74) is 2.01. The SMILES string of the molecule is CCOC(=O)C1=C(C)N=c2s/c(=C\c3cc(Cl)ccc3OCC)c(=O)n2[C@@H]1c1ccc(OCC)cc1. The Morgan fingerprint density at radius 2 is 1.81 bits per heavy atom. The summed E-state index contributed by atoms with van der Waals surface area (Å²) in [7, 11) is 0. The fraction of sp³-hybridized carbons (Fsp3) is 0.296. The van der Waals surface area contributed by atoms with Gasteiger partial charge in [-0.3, -0.25) is 9.36 Å². The summed E-state index contributed by atoms with van der Waals surface area (Å²) < 4.78 is 18.6. The smallest absolute Gasteiger partial charge is 0.338 e. The topological polar surface area (TPSA) is 79.1 Å². The Kier molecular flexibility index (Phi) is 7.96. The second-order valence-electron chi connectivity index (χ2n) is 7.92. The first-order chi connectivity index (χ1) is 17.4. The number of carbonyl (C=O) groups excluding carboxylic acids is 1. The van der Waals surface area contributed by atoms with Gasteiger partial charge in [-0.2, -0.15) is 0 Å². The Balaban J connectivity index is 1.93. The maximum absolute atomic E-state index is 13.8. The third-order valence-electron chi connectivity index (χ3n) is 5.58. The number of carbonyl (C=O) groups is 1. The molecule has 0 amide bonds. The van der Waals surface area contributed by atoms with E-state index in [1.54, 1.807) is 42.7 Å². The number of esters is 1. The molecule has 2 aromatic carbocycles. The molecule has 36 heavy (non-hydrogen) atoms. The van der Waals surface area contributed by atoms with Crippen LogP contribution in [0.2, 0.25) is 5.02 Å². The van der Waals surface area contributed by atoms with Gasteiger partial charge in [-0.05, 0) is 69.7 Å². The van der Waals surface area contributed by atoms with Crippen LogP contribution in [-0.2, 0) is 9.53 Å². The molecular weight excluding hydrogens is 500 g/mol. The maximum atomic E-state index is 13.8. The molecule has 4 rings (SSSR count). The van der Waals surface area contributed by atoms with Crippen LogP contribution in [0.4, 0.5) is 0 Å². The molecule has 3 aromatic rings. The number of allylic oxidation sites excluding steroid dienone is 1. The zero-order chi connectivity index (χ0) is 25.8. The van der Waals surface area contributed by atoms with Crippen LogP contribution in [0.3, 0.4) is 0 Å². The van der Waals surface area contributed by atoms with Gasteiger partial charge in [-0.1, -0.05) is 35.1 Å². The molecule has 0 spiro atoms. The molecular formula is C27H27ClN2O5S. The lowest BCUT2D eigenvalue weighted by molar-refractivity contribution is -0.139. The number of rotatable bonds is 8. The Hall–Kier alpha value is -3.36. The second kappa shape index (κ2) is 11.1. The number of thiazole rings is 1. The van der Waals surface area contributed by atoms with Gasteiger partial charge < -0.3 is 14.2 Å². The largest absolute Gasteiger partial charge is 0.494 e. The molecule has 0 fully saturated rings. The van der Waals surface area contributed by atoms with E-state index < -0.39 is 12.0 Å². The van der Waals surface area contributed by atoms with Crippen molar-refractivity contribution in [2.75, 3.05) is 19.8 Å². The van der Waals surface area contributed by atoms with E-state index in [9.17, 15) is 9.59 Å². The van der Waals surface area contributed by atoms with Crippen molar-refractivity contribution < 1.29 is 19.0 Å². The summed E-state index contributed by atoms with van der Waals surface area (Å²) in [5, 5.41) is 0.533. The lowest BCUT2D eigenvalue weighted by Crippen LogP contribution is -2.39. The summed E-state index contributed by atoms with van der Waals surface area (Å²) in [6, 6.07) is 11.9. The summed E-state index contributed by atoms with van der Waals surface area (Å²) in [5.74, 6) is 0.830. The minimum absolute atomic E-state index is 0.213. The molecule has 2 heterocycles. The average Bonchev–Trinajstić information content (AvgIpc) is 3.15. The van der Waals surface area contributed by atoms with Gasteiger partial charge in [0.25, 0.3) is 5.56 Å². The molecule has 7 nitrogen and oxygen atoms in total. The van der Waals surface area contributed by atoms with Crippen molar-refractivity contribution in [1.82, 2.24) is 4.57 Å². The lowest BCUT2D eigenvalue weighted by atomic mass is 9.96. The van der Waals surface area contributed by atoms with Crippen molar-refractivity contribution >= 4 is 35.0 Å². The predicted octanol–water partition coefficient (Wildman–Crippen LogP) is 4.25. The molecule has 188 valence electrons. The van der Waals surface area contributed by atoms with Gasteiger partial charge in [-0.25, -0.2) is 9.79 Å². The second-order valence-corrected chi connectivity index (χ2v) is 9.37. The highest BCUT2D eigenvalue weighted by atomic mass is 35.5. The molecule has 0 saturated heterocycles. The maximum Gasteiger partial charge on any atom is 0.338 e. The average molecular weight is 527 g/mol. The Morgan fingerprint density at radius 1 is 1.08 bits per heavy atom. The van der Waals surface area contributed by atoms with Gasteiger partial charge >= 0.3 is 5.97 Å². The molecule has 1 atom stereocenters. The van der Waals surface area contributed by atoms with E-state index in [0.29, 0.717) is 55.9 Å². The van der Waals surface area contributed by atoms with Crippen LogP contribution in [0.15, 0.2) is 63.5 Å². The van der Waals surface area contributed by atoms with Crippen LogP contribution in [0.5, 0.6) is 11.5 Å². The number of nitrogens with zero attached hydrogens (tertiary/aromatic N) is 2. The fourth-order valence-electron chi connectivity index (χ4n) is 4.08. The van der Waals surface area contributed by atoms with Gasteiger partial charge in [-0.15, -0.1) is 0 Å². The van der Waals surface area contributed by atoms with Crippen molar-refractivity contribution in [3.05, 3.63) is 89.6 Å². The Labute approximate surface area is 217 Å². The predicted molar refractivity (Wildman–Crippen MR) is 141 cm³/mol. The van der Waals surface area contributed by atoms with Gasteiger partial charge in [0.1, 0.15) is 11.5 Å². The highest BCUT2D eigenvalue weighted by Gasteiger charge is 2.33. The van der Waals surface area contributed by atoms with Gasteiger partial charge in [0.15, 0.2) is 4.80 Å². The number of benzene rings is 2. The van der Waals surface area contributed by atoms with Gasteiger partial charge in [0.2, 0.25) is 0 Å². The van der Waals surface area contributed by atoms with Crippen LogP contribution < -0.4 is 24.4 Å². The van der Waals surface area contributed by atoms with Crippen molar-refractivity contribution in [3.8, 4) is 11.5 Å². The van der Waals surface area contributed by atoms with Crippen molar-refractivity contribution in [1.29, 1.82) is 0 Å². The van der Waals surface area contributed by atoms with Crippen LogP contribution in [0, 0.1) is 0 Å². The fourth-order valence-corrected chi connectivity index (χ4v) is 5.30.